The van der Waals surface area contributed by atoms with E-state index in [2.05, 4.69) is 12.2 Å². The average molecular weight is 269 g/mol. The molecule has 110 valence electrons. The maximum atomic E-state index is 5.98. The quantitative estimate of drug-likeness (QED) is 0.844. The summed E-state index contributed by atoms with van der Waals surface area (Å²) in [4.78, 5) is 0. The molecule has 0 saturated carbocycles. The monoisotopic (exact) mass is 269 g/mol. The Labute approximate surface area is 116 Å². The van der Waals surface area contributed by atoms with E-state index in [0.29, 0.717) is 18.1 Å². The highest BCUT2D eigenvalue weighted by molar-refractivity contribution is 4.93. The van der Waals surface area contributed by atoms with Gasteiger partial charge in [0.05, 0.1) is 18.3 Å². The number of hydrogen-bond acceptors (Lipinski definition) is 4. The third-order valence-corrected chi connectivity index (χ3v) is 4.98. The molecule has 3 rings (SSSR count). The van der Waals surface area contributed by atoms with Gasteiger partial charge in [-0.25, -0.2) is 0 Å². The summed E-state index contributed by atoms with van der Waals surface area (Å²) in [6.07, 6.45) is 6.12. The molecule has 4 unspecified atom stereocenters. The van der Waals surface area contributed by atoms with Crippen LogP contribution in [0.15, 0.2) is 0 Å². The summed E-state index contributed by atoms with van der Waals surface area (Å²) in [5, 5.41) is 3.76. The van der Waals surface area contributed by atoms with Gasteiger partial charge in [-0.05, 0) is 31.6 Å². The van der Waals surface area contributed by atoms with E-state index in [-0.39, 0.29) is 5.60 Å². The minimum absolute atomic E-state index is 0.0201. The Balaban J connectivity index is 1.47. The molecule has 3 saturated heterocycles. The maximum Gasteiger partial charge on any atom is 0.0951 e. The molecule has 4 nitrogen and oxygen atoms in total. The lowest BCUT2D eigenvalue weighted by molar-refractivity contribution is -0.0897. The van der Waals surface area contributed by atoms with E-state index in [1.165, 1.54) is 6.42 Å². The maximum absolute atomic E-state index is 5.98. The van der Waals surface area contributed by atoms with Crippen LogP contribution >= 0.6 is 0 Å². The van der Waals surface area contributed by atoms with Crippen molar-refractivity contribution in [2.75, 3.05) is 33.0 Å². The Kier molecular flexibility index (Phi) is 4.42. The molecule has 0 bridgehead atoms. The van der Waals surface area contributed by atoms with Gasteiger partial charge in [-0.2, -0.15) is 0 Å². The zero-order valence-electron chi connectivity index (χ0n) is 12.0. The number of ether oxygens (including phenoxy) is 3. The van der Waals surface area contributed by atoms with Crippen LogP contribution in [0, 0.1) is 5.92 Å². The van der Waals surface area contributed by atoms with Gasteiger partial charge in [0, 0.05) is 38.8 Å². The molecule has 4 heteroatoms. The predicted molar refractivity (Wildman–Crippen MR) is 73.3 cm³/mol. The van der Waals surface area contributed by atoms with E-state index in [9.17, 15) is 0 Å². The van der Waals surface area contributed by atoms with E-state index in [1.807, 2.05) is 0 Å². The minimum Gasteiger partial charge on any atom is -0.378 e. The highest BCUT2D eigenvalue weighted by Gasteiger charge is 2.41. The first-order valence-electron chi connectivity index (χ1n) is 7.88. The minimum atomic E-state index is 0.0201. The molecule has 3 fully saturated rings. The Hall–Kier alpha value is -0.160. The summed E-state index contributed by atoms with van der Waals surface area (Å²) in [6.45, 7) is 6.79. The molecule has 3 aliphatic rings. The van der Waals surface area contributed by atoms with Crippen molar-refractivity contribution in [1.82, 2.24) is 5.32 Å². The predicted octanol–water partition coefficient (Wildman–Crippen LogP) is 1.73. The van der Waals surface area contributed by atoms with Crippen LogP contribution < -0.4 is 5.32 Å². The normalized spacial score (nSPS) is 43.1. The van der Waals surface area contributed by atoms with Gasteiger partial charge in [-0.3, -0.25) is 0 Å². The van der Waals surface area contributed by atoms with Crippen LogP contribution in [0.4, 0.5) is 0 Å². The van der Waals surface area contributed by atoms with Crippen LogP contribution in [-0.2, 0) is 14.2 Å². The highest BCUT2D eigenvalue weighted by atomic mass is 16.6. The Morgan fingerprint density at radius 2 is 2.16 bits per heavy atom. The largest absolute Gasteiger partial charge is 0.378 e. The Bertz CT molecular complexity index is 291. The highest BCUT2D eigenvalue weighted by Crippen LogP contribution is 2.33. The van der Waals surface area contributed by atoms with Crippen LogP contribution in [0.3, 0.4) is 0 Å². The van der Waals surface area contributed by atoms with Crippen molar-refractivity contribution in [2.45, 2.75) is 56.8 Å². The molecule has 0 radical (unpaired) electrons. The lowest BCUT2D eigenvalue weighted by Gasteiger charge is -2.38. The molecule has 1 N–H and O–H groups in total. The zero-order chi connectivity index (χ0) is 13.1. The van der Waals surface area contributed by atoms with Crippen molar-refractivity contribution in [3.05, 3.63) is 0 Å². The fraction of sp³-hybridized carbons (Fsp3) is 1.00. The molecular weight excluding hydrogens is 242 g/mol. The Morgan fingerprint density at radius 1 is 1.21 bits per heavy atom. The van der Waals surface area contributed by atoms with Crippen LogP contribution in [0.5, 0.6) is 0 Å². The smallest absolute Gasteiger partial charge is 0.0951 e. The van der Waals surface area contributed by atoms with Crippen molar-refractivity contribution >= 4 is 0 Å². The van der Waals surface area contributed by atoms with Gasteiger partial charge in [0.2, 0.25) is 0 Å². The third-order valence-electron chi connectivity index (χ3n) is 4.98. The topological polar surface area (TPSA) is 39.7 Å². The van der Waals surface area contributed by atoms with Crippen molar-refractivity contribution in [3.63, 3.8) is 0 Å². The molecule has 0 aromatic heterocycles. The lowest BCUT2D eigenvalue weighted by atomic mass is 9.89. The summed E-state index contributed by atoms with van der Waals surface area (Å²) in [6, 6.07) is 0.591. The van der Waals surface area contributed by atoms with E-state index < -0.39 is 0 Å². The van der Waals surface area contributed by atoms with Crippen molar-refractivity contribution in [1.29, 1.82) is 0 Å². The number of rotatable bonds is 4. The first-order chi connectivity index (χ1) is 9.31. The molecule has 4 atom stereocenters. The summed E-state index contributed by atoms with van der Waals surface area (Å²) >= 11 is 0. The van der Waals surface area contributed by atoms with Gasteiger partial charge < -0.3 is 19.5 Å². The standard InChI is InChI=1S/C15H27NO3/c1-2-14-12(3-6-18-14)10-16-13-4-7-19-15(9-13)5-8-17-11-15/h12-14,16H,2-11H2,1H3. The third kappa shape index (κ3) is 3.13. The van der Waals surface area contributed by atoms with Gasteiger partial charge in [0.15, 0.2) is 0 Å². The SMILES string of the molecule is CCC1OCCC1CNC1CCOC2(CCOC2)C1. The number of nitrogens with one attached hydrogen (secondary N) is 1. The fourth-order valence-corrected chi connectivity index (χ4v) is 3.76. The fourth-order valence-electron chi connectivity index (χ4n) is 3.76. The van der Waals surface area contributed by atoms with Crippen LogP contribution in [0.25, 0.3) is 0 Å². The molecule has 3 heterocycles. The molecular formula is C15H27NO3. The molecule has 19 heavy (non-hydrogen) atoms. The molecule has 0 aromatic carbocycles. The second-order valence-electron chi connectivity index (χ2n) is 6.30. The van der Waals surface area contributed by atoms with Gasteiger partial charge in [-0.1, -0.05) is 6.92 Å². The van der Waals surface area contributed by atoms with Crippen LogP contribution in [0.1, 0.15) is 39.0 Å². The van der Waals surface area contributed by atoms with Gasteiger partial charge >= 0.3 is 0 Å². The van der Waals surface area contributed by atoms with Crippen molar-refractivity contribution < 1.29 is 14.2 Å². The van der Waals surface area contributed by atoms with Gasteiger partial charge in [-0.15, -0.1) is 0 Å². The molecule has 3 aliphatic heterocycles. The lowest BCUT2D eigenvalue weighted by Crippen LogP contribution is -2.48. The van der Waals surface area contributed by atoms with E-state index in [1.54, 1.807) is 0 Å². The first kappa shape index (κ1) is 13.8. The van der Waals surface area contributed by atoms with Crippen molar-refractivity contribution in [2.24, 2.45) is 5.92 Å². The van der Waals surface area contributed by atoms with Crippen LogP contribution in [-0.4, -0.2) is 50.7 Å². The first-order valence-corrected chi connectivity index (χ1v) is 7.88. The molecule has 1 spiro atoms. The van der Waals surface area contributed by atoms with E-state index in [4.69, 9.17) is 14.2 Å². The second kappa shape index (κ2) is 6.08. The molecule has 0 aromatic rings. The summed E-state index contributed by atoms with van der Waals surface area (Å²) in [7, 11) is 0. The zero-order valence-corrected chi connectivity index (χ0v) is 12.0. The van der Waals surface area contributed by atoms with Gasteiger partial charge in [0.1, 0.15) is 0 Å². The average Bonchev–Trinajstić information content (AvgIpc) is 3.06. The van der Waals surface area contributed by atoms with Gasteiger partial charge in [0.25, 0.3) is 0 Å². The summed E-state index contributed by atoms with van der Waals surface area (Å²) in [5.41, 5.74) is 0.0201. The van der Waals surface area contributed by atoms with E-state index in [0.717, 1.165) is 58.7 Å². The summed E-state index contributed by atoms with van der Waals surface area (Å²) < 4.78 is 17.3. The number of hydrogen-bond donors (Lipinski definition) is 1. The van der Waals surface area contributed by atoms with E-state index >= 15 is 0 Å². The van der Waals surface area contributed by atoms with Crippen LogP contribution in [0.2, 0.25) is 0 Å². The van der Waals surface area contributed by atoms with Crippen molar-refractivity contribution in [3.8, 4) is 0 Å². The summed E-state index contributed by atoms with van der Waals surface area (Å²) in [5.74, 6) is 0.698. The molecule has 0 amide bonds. The second-order valence-corrected chi connectivity index (χ2v) is 6.30. The molecule has 0 aliphatic carbocycles. The Morgan fingerprint density at radius 3 is 2.95 bits per heavy atom.